The Morgan fingerprint density at radius 2 is 1.71 bits per heavy atom. The van der Waals surface area contributed by atoms with Gasteiger partial charge in [0.25, 0.3) is 0 Å². The second-order valence-corrected chi connectivity index (χ2v) is 8.78. The highest BCUT2D eigenvalue weighted by atomic mass is 16.4. The van der Waals surface area contributed by atoms with Gasteiger partial charge in [0.1, 0.15) is 0 Å². The first kappa shape index (κ1) is 17.5. The zero-order chi connectivity index (χ0) is 17.3. The third-order valence-corrected chi connectivity index (χ3v) is 6.24. The second kappa shape index (κ2) is 6.87. The average molecular weight is 329 g/mol. The van der Waals surface area contributed by atoms with Crippen LogP contribution in [-0.2, 0) is 4.79 Å². The number of carbonyl (C=O) groups is 1. The summed E-state index contributed by atoms with van der Waals surface area (Å²) in [5.74, 6) is 0.528. The molecule has 0 radical (unpaired) electrons. The molecule has 1 aliphatic carbocycles. The fraction of sp³-hybridized carbons (Fsp3) is 0.667. The third kappa shape index (κ3) is 3.66. The van der Waals surface area contributed by atoms with Crippen LogP contribution in [0.3, 0.4) is 0 Å². The molecule has 1 heterocycles. The molecule has 1 aromatic rings. The number of rotatable bonds is 3. The molecule has 0 bridgehead atoms. The molecule has 2 N–H and O–H groups in total. The van der Waals surface area contributed by atoms with Gasteiger partial charge in [-0.25, -0.2) is 0 Å². The molecule has 2 unspecified atom stereocenters. The molecule has 3 rings (SSSR count). The Labute approximate surface area is 145 Å². The molecule has 3 nitrogen and oxygen atoms in total. The second-order valence-electron chi connectivity index (χ2n) is 8.78. The molecule has 2 atom stereocenters. The van der Waals surface area contributed by atoms with Gasteiger partial charge < -0.3 is 10.4 Å². The highest BCUT2D eigenvalue weighted by Gasteiger charge is 2.34. The van der Waals surface area contributed by atoms with Crippen LogP contribution in [0.25, 0.3) is 0 Å². The molecular weight excluding hydrogens is 298 g/mol. The van der Waals surface area contributed by atoms with Crippen molar-refractivity contribution >= 4 is 5.97 Å². The van der Waals surface area contributed by atoms with Crippen LogP contribution in [0.5, 0.6) is 0 Å². The molecule has 3 heteroatoms. The Morgan fingerprint density at radius 3 is 2.25 bits per heavy atom. The minimum atomic E-state index is -0.673. The maximum absolute atomic E-state index is 11.3. The van der Waals surface area contributed by atoms with Crippen LogP contribution in [0.15, 0.2) is 24.3 Å². The first-order valence-electron chi connectivity index (χ1n) is 9.41. The van der Waals surface area contributed by atoms with Gasteiger partial charge in [-0.1, -0.05) is 45.0 Å². The van der Waals surface area contributed by atoms with Gasteiger partial charge in [-0.3, -0.25) is 4.79 Å². The summed E-state index contributed by atoms with van der Waals surface area (Å²) in [4.78, 5) is 11.3. The predicted molar refractivity (Wildman–Crippen MR) is 97.1 cm³/mol. The van der Waals surface area contributed by atoms with Crippen molar-refractivity contribution in [2.24, 2.45) is 17.3 Å². The summed E-state index contributed by atoms with van der Waals surface area (Å²) >= 11 is 0. The van der Waals surface area contributed by atoms with Gasteiger partial charge in [0.05, 0.1) is 5.92 Å². The van der Waals surface area contributed by atoms with Crippen molar-refractivity contribution in [3.63, 3.8) is 0 Å². The maximum Gasteiger partial charge on any atom is 0.307 e. The average Bonchev–Trinajstić information content (AvgIpc) is 3.04. The minimum absolute atomic E-state index is 0.197. The number of carboxylic acids is 1. The minimum Gasteiger partial charge on any atom is -0.481 e. The normalized spacial score (nSPS) is 31.1. The Morgan fingerprint density at radius 1 is 1.08 bits per heavy atom. The molecule has 0 amide bonds. The van der Waals surface area contributed by atoms with E-state index in [-0.39, 0.29) is 12.0 Å². The molecular formula is C21H31NO2. The topological polar surface area (TPSA) is 49.3 Å². The van der Waals surface area contributed by atoms with E-state index in [0.29, 0.717) is 24.3 Å². The zero-order valence-corrected chi connectivity index (χ0v) is 15.2. The molecule has 0 spiro atoms. The van der Waals surface area contributed by atoms with Gasteiger partial charge >= 0.3 is 5.97 Å². The zero-order valence-electron chi connectivity index (χ0n) is 15.2. The fourth-order valence-electron chi connectivity index (χ4n) is 4.63. The Bertz CT molecular complexity index is 582. The summed E-state index contributed by atoms with van der Waals surface area (Å²) in [5, 5.41) is 12.7. The number of hydrogen-bond donors (Lipinski definition) is 2. The molecule has 1 saturated heterocycles. The van der Waals surface area contributed by atoms with Crippen molar-refractivity contribution in [1.82, 2.24) is 5.32 Å². The van der Waals surface area contributed by atoms with Gasteiger partial charge in [-0.15, -0.1) is 0 Å². The Hall–Kier alpha value is -1.35. The largest absolute Gasteiger partial charge is 0.481 e. The molecule has 1 saturated carbocycles. The Kier molecular flexibility index (Phi) is 5.00. The van der Waals surface area contributed by atoms with E-state index in [2.05, 4.69) is 50.4 Å². The van der Waals surface area contributed by atoms with Crippen molar-refractivity contribution in [2.75, 3.05) is 6.54 Å². The lowest BCUT2D eigenvalue weighted by Crippen LogP contribution is -2.26. The van der Waals surface area contributed by atoms with E-state index in [1.165, 1.54) is 36.8 Å². The molecule has 1 aromatic carbocycles. The summed E-state index contributed by atoms with van der Waals surface area (Å²) < 4.78 is 0. The van der Waals surface area contributed by atoms with Crippen LogP contribution in [0.2, 0.25) is 0 Å². The quantitative estimate of drug-likeness (QED) is 0.842. The summed E-state index contributed by atoms with van der Waals surface area (Å²) in [7, 11) is 0. The highest BCUT2D eigenvalue weighted by Crippen LogP contribution is 2.45. The smallest absolute Gasteiger partial charge is 0.307 e. The SMILES string of the molecule is CC(C)(C)C1CCC(c2ccccc2C2CC(C(=O)O)CN2)CC1. The highest BCUT2D eigenvalue weighted by molar-refractivity contribution is 5.70. The van der Waals surface area contributed by atoms with Crippen molar-refractivity contribution in [2.45, 2.75) is 64.8 Å². The van der Waals surface area contributed by atoms with E-state index in [4.69, 9.17) is 0 Å². The van der Waals surface area contributed by atoms with Crippen molar-refractivity contribution in [1.29, 1.82) is 0 Å². The van der Waals surface area contributed by atoms with Crippen LogP contribution in [0, 0.1) is 17.3 Å². The number of nitrogens with one attached hydrogen (secondary N) is 1. The van der Waals surface area contributed by atoms with E-state index in [1.54, 1.807) is 0 Å². The van der Waals surface area contributed by atoms with Gasteiger partial charge in [-0.05, 0) is 60.5 Å². The van der Waals surface area contributed by atoms with Gasteiger partial charge in [0, 0.05) is 12.6 Å². The van der Waals surface area contributed by atoms with E-state index in [9.17, 15) is 9.90 Å². The number of carboxylic acid groups (broad SMARTS) is 1. The molecule has 2 aliphatic rings. The maximum atomic E-state index is 11.3. The van der Waals surface area contributed by atoms with Gasteiger partial charge in [0.15, 0.2) is 0 Å². The van der Waals surface area contributed by atoms with E-state index < -0.39 is 5.97 Å². The lowest BCUT2D eigenvalue weighted by atomic mass is 9.68. The predicted octanol–water partition coefficient (Wildman–Crippen LogP) is 4.74. The van der Waals surface area contributed by atoms with Crippen LogP contribution in [0.4, 0.5) is 0 Å². The molecule has 0 aromatic heterocycles. The number of hydrogen-bond acceptors (Lipinski definition) is 2. The van der Waals surface area contributed by atoms with Crippen LogP contribution in [0.1, 0.15) is 76.0 Å². The van der Waals surface area contributed by atoms with E-state index in [0.717, 1.165) is 5.92 Å². The summed E-state index contributed by atoms with van der Waals surface area (Å²) in [5.41, 5.74) is 3.19. The molecule has 2 fully saturated rings. The third-order valence-electron chi connectivity index (χ3n) is 6.24. The van der Waals surface area contributed by atoms with E-state index in [1.807, 2.05) is 0 Å². The molecule has 132 valence electrons. The summed E-state index contributed by atoms with van der Waals surface area (Å²) in [6, 6.07) is 8.90. The Balaban J connectivity index is 1.73. The lowest BCUT2D eigenvalue weighted by Gasteiger charge is -2.38. The molecule has 1 aliphatic heterocycles. The summed E-state index contributed by atoms with van der Waals surface area (Å²) in [6.45, 7) is 7.67. The number of benzene rings is 1. The lowest BCUT2D eigenvalue weighted by molar-refractivity contribution is -0.141. The summed E-state index contributed by atoms with van der Waals surface area (Å²) in [6.07, 6.45) is 5.84. The number of aliphatic carboxylic acids is 1. The van der Waals surface area contributed by atoms with Gasteiger partial charge in [-0.2, -0.15) is 0 Å². The van der Waals surface area contributed by atoms with Crippen molar-refractivity contribution in [3.8, 4) is 0 Å². The first-order chi connectivity index (χ1) is 11.4. The van der Waals surface area contributed by atoms with E-state index >= 15 is 0 Å². The van der Waals surface area contributed by atoms with Crippen LogP contribution >= 0.6 is 0 Å². The molecule has 24 heavy (non-hydrogen) atoms. The fourth-order valence-corrected chi connectivity index (χ4v) is 4.63. The standard InChI is InChI=1S/C21H31NO2/c1-21(2,3)16-10-8-14(9-11-16)17-6-4-5-7-18(17)19-12-15(13-22-19)20(23)24/h4-7,14-16,19,22H,8-13H2,1-3H3,(H,23,24). The van der Waals surface area contributed by atoms with Crippen LogP contribution in [-0.4, -0.2) is 17.6 Å². The van der Waals surface area contributed by atoms with Gasteiger partial charge in [0.2, 0.25) is 0 Å². The van der Waals surface area contributed by atoms with Crippen molar-refractivity contribution < 1.29 is 9.90 Å². The van der Waals surface area contributed by atoms with Crippen molar-refractivity contribution in [3.05, 3.63) is 35.4 Å². The van der Waals surface area contributed by atoms with Crippen LogP contribution < -0.4 is 5.32 Å². The monoisotopic (exact) mass is 329 g/mol. The first-order valence-corrected chi connectivity index (χ1v) is 9.41.